The van der Waals surface area contributed by atoms with E-state index < -0.39 is 0 Å². The third kappa shape index (κ3) is 2.25. The molecule has 0 bridgehead atoms. The first-order chi connectivity index (χ1) is 10.8. The van der Waals surface area contributed by atoms with Crippen LogP contribution in [0.25, 0.3) is 0 Å². The van der Waals surface area contributed by atoms with Crippen molar-refractivity contribution in [3.63, 3.8) is 0 Å². The van der Waals surface area contributed by atoms with E-state index in [0.29, 0.717) is 5.92 Å². The topological polar surface area (TPSA) is 37.8 Å². The molecule has 1 N–H and O–H groups in total. The first kappa shape index (κ1) is 13.6. The maximum absolute atomic E-state index is 4.42. The predicted molar refractivity (Wildman–Crippen MR) is 88.9 cm³/mol. The number of hydrogen-bond acceptors (Lipinski definition) is 4. The van der Waals surface area contributed by atoms with Gasteiger partial charge in [0.05, 0.1) is 16.6 Å². The molecule has 1 aromatic heterocycles. The Morgan fingerprint density at radius 2 is 1.55 bits per heavy atom. The van der Waals surface area contributed by atoms with E-state index in [0.717, 1.165) is 5.69 Å². The molecule has 110 valence electrons. The summed E-state index contributed by atoms with van der Waals surface area (Å²) in [5, 5.41) is 8.23. The van der Waals surface area contributed by atoms with Crippen LogP contribution in [-0.2, 0) is 0 Å². The van der Waals surface area contributed by atoms with E-state index in [1.807, 2.05) is 0 Å². The molecule has 0 spiro atoms. The molecule has 3 nitrogen and oxygen atoms in total. The van der Waals surface area contributed by atoms with Crippen LogP contribution in [0.1, 0.15) is 46.6 Å². The van der Waals surface area contributed by atoms with Crippen molar-refractivity contribution in [1.82, 2.24) is 14.9 Å². The first-order valence-electron chi connectivity index (χ1n) is 7.52. The van der Waals surface area contributed by atoms with Gasteiger partial charge in [-0.15, -0.1) is 5.10 Å². The minimum Gasteiger partial charge on any atom is -0.298 e. The summed E-state index contributed by atoms with van der Waals surface area (Å²) >= 11 is 1.51. The molecule has 0 aliphatic carbocycles. The van der Waals surface area contributed by atoms with E-state index in [9.17, 15) is 0 Å². The molecule has 3 aromatic rings. The fourth-order valence-corrected chi connectivity index (χ4v) is 4.06. The molecule has 1 aliphatic rings. The van der Waals surface area contributed by atoms with Crippen molar-refractivity contribution < 1.29 is 0 Å². The Bertz CT molecular complexity index is 754. The molecule has 0 fully saturated rings. The van der Waals surface area contributed by atoms with E-state index in [2.05, 4.69) is 82.5 Å². The Morgan fingerprint density at radius 1 is 0.909 bits per heavy atom. The monoisotopic (exact) mass is 307 g/mol. The molecule has 0 saturated heterocycles. The van der Waals surface area contributed by atoms with Crippen LogP contribution in [0.5, 0.6) is 0 Å². The summed E-state index contributed by atoms with van der Waals surface area (Å²) in [6.07, 6.45) is 0. The summed E-state index contributed by atoms with van der Waals surface area (Å²) in [5.74, 6) is 0.316. The molecule has 4 heteroatoms. The van der Waals surface area contributed by atoms with E-state index in [1.165, 1.54) is 27.5 Å². The summed E-state index contributed by atoms with van der Waals surface area (Å²) in [6.45, 7) is 2.23. The lowest BCUT2D eigenvalue weighted by molar-refractivity contribution is 0.396. The van der Waals surface area contributed by atoms with E-state index >= 15 is 0 Å². The van der Waals surface area contributed by atoms with Gasteiger partial charge in [0.2, 0.25) is 0 Å². The van der Waals surface area contributed by atoms with Gasteiger partial charge in [-0.25, -0.2) is 0 Å². The van der Waals surface area contributed by atoms with Gasteiger partial charge in [-0.05, 0) is 22.7 Å². The van der Waals surface area contributed by atoms with Crippen LogP contribution in [0.4, 0.5) is 0 Å². The minimum absolute atomic E-state index is 0.164. The van der Waals surface area contributed by atoms with Gasteiger partial charge >= 0.3 is 0 Å². The standard InChI is InChI=1S/C18H17N3S/c1-12-15(13-8-4-2-5-9-13)19-17(14-10-6-3-7-11-14)18-16(12)20-21-22-18/h2-12,15,17,19H,1H3/t12-,15+,17+/m1/s1. The summed E-state index contributed by atoms with van der Waals surface area (Å²) in [6, 6.07) is 21.6. The van der Waals surface area contributed by atoms with Gasteiger partial charge in [0.15, 0.2) is 0 Å². The summed E-state index contributed by atoms with van der Waals surface area (Å²) in [5.41, 5.74) is 3.70. The number of aromatic nitrogens is 2. The van der Waals surface area contributed by atoms with Crippen molar-refractivity contribution in [3.05, 3.63) is 82.4 Å². The highest BCUT2D eigenvalue weighted by Gasteiger charge is 2.36. The number of fused-ring (bicyclic) bond motifs is 1. The van der Waals surface area contributed by atoms with E-state index in [4.69, 9.17) is 0 Å². The van der Waals surface area contributed by atoms with E-state index in [1.54, 1.807) is 0 Å². The highest BCUT2D eigenvalue weighted by molar-refractivity contribution is 7.05. The zero-order chi connectivity index (χ0) is 14.9. The van der Waals surface area contributed by atoms with Gasteiger partial charge in [0.25, 0.3) is 0 Å². The predicted octanol–water partition coefficient (Wildman–Crippen LogP) is 4.08. The molecule has 0 amide bonds. The van der Waals surface area contributed by atoms with Gasteiger partial charge in [0.1, 0.15) is 0 Å². The highest BCUT2D eigenvalue weighted by Crippen LogP contribution is 2.43. The number of hydrogen-bond donors (Lipinski definition) is 1. The fraction of sp³-hybridized carbons (Fsp3) is 0.222. The second kappa shape index (κ2) is 5.63. The van der Waals surface area contributed by atoms with Crippen LogP contribution >= 0.6 is 11.5 Å². The number of nitrogens with zero attached hydrogens (tertiary/aromatic N) is 2. The van der Waals surface area contributed by atoms with Crippen molar-refractivity contribution >= 4 is 11.5 Å². The first-order valence-corrected chi connectivity index (χ1v) is 8.30. The fourth-order valence-electron chi connectivity index (χ4n) is 3.22. The Labute approximate surface area is 134 Å². The second-order valence-corrected chi connectivity index (χ2v) is 6.50. The maximum Gasteiger partial charge on any atom is 0.0854 e. The Morgan fingerprint density at radius 3 is 2.23 bits per heavy atom. The quantitative estimate of drug-likeness (QED) is 0.775. The van der Waals surface area contributed by atoms with Crippen molar-refractivity contribution in [2.24, 2.45) is 0 Å². The molecular weight excluding hydrogens is 290 g/mol. The molecule has 2 heterocycles. The van der Waals surface area contributed by atoms with Gasteiger partial charge in [-0.2, -0.15) is 0 Å². The van der Waals surface area contributed by atoms with Gasteiger partial charge < -0.3 is 0 Å². The smallest absolute Gasteiger partial charge is 0.0854 e. The van der Waals surface area contributed by atoms with Gasteiger partial charge in [0, 0.05) is 12.0 Å². The average molecular weight is 307 g/mol. The average Bonchev–Trinajstić information content (AvgIpc) is 3.07. The van der Waals surface area contributed by atoms with Crippen LogP contribution in [0.3, 0.4) is 0 Å². The van der Waals surface area contributed by atoms with Crippen molar-refractivity contribution in [2.75, 3.05) is 0 Å². The van der Waals surface area contributed by atoms with Crippen molar-refractivity contribution in [3.8, 4) is 0 Å². The molecule has 4 rings (SSSR count). The molecular formula is C18H17N3S. The lowest BCUT2D eigenvalue weighted by Gasteiger charge is -2.35. The molecule has 0 saturated carbocycles. The van der Waals surface area contributed by atoms with Crippen LogP contribution < -0.4 is 5.32 Å². The zero-order valence-corrected chi connectivity index (χ0v) is 13.1. The molecule has 22 heavy (non-hydrogen) atoms. The molecule has 1 aliphatic heterocycles. The molecule has 0 unspecified atom stereocenters. The second-order valence-electron chi connectivity index (χ2n) is 5.71. The van der Waals surface area contributed by atoms with Gasteiger partial charge in [-0.3, -0.25) is 5.32 Å². The van der Waals surface area contributed by atoms with Crippen LogP contribution in [0.15, 0.2) is 60.7 Å². The van der Waals surface area contributed by atoms with Crippen molar-refractivity contribution in [2.45, 2.75) is 24.9 Å². The van der Waals surface area contributed by atoms with Crippen LogP contribution in [0.2, 0.25) is 0 Å². The number of benzene rings is 2. The largest absolute Gasteiger partial charge is 0.298 e. The van der Waals surface area contributed by atoms with E-state index in [-0.39, 0.29) is 12.1 Å². The lowest BCUT2D eigenvalue weighted by Crippen LogP contribution is -2.35. The van der Waals surface area contributed by atoms with Crippen molar-refractivity contribution in [1.29, 1.82) is 0 Å². The third-order valence-electron chi connectivity index (χ3n) is 4.37. The molecule has 3 atom stereocenters. The third-order valence-corrected chi connectivity index (χ3v) is 5.18. The summed E-state index contributed by atoms with van der Waals surface area (Å²) < 4.78 is 4.21. The summed E-state index contributed by atoms with van der Waals surface area (Å²) in [7, 11) is 0. The number of rotatable bonds is 2. The minimum atomic E-state index is 0.164. The maximum atomic E-state index is 4.42. The SMILES string of the molecule is C[C@H]1c2nnsc2[C@H](c2ccccc2)N[C@@H]1c1ccccc1. The zero-order valence-electron chi connectivity index (χ0n) is 12.3. The summed E-state index contributed by atoms with van der Waals surface area (Å²) in [4.78, 5) is 1.24. The Kier molecular flexibility index (Phi) is 3.48. The number of nitrogens with one attached hydrogen (secondary N) is 1. The van der Waals surface area contributed by atoms with Gasteiger partial charge in [-0.1, -0.05) is 72.1 Å². The molecule has 2 aromatic carbocycles. The Hall–Kier alpha value is -2.04. The highest BCUT2D eigenvalue weighted by atomic mass is 32.1. The lowest BCUT2D eigenvalue weighted by atomic mass is 9.84. The van der Waals surface area contributed by atoms with Crippen LogP contribution in [0, 0.1) is 0 Å². The normalized spacial score (nSPS) is 24.0. The molecule has 0 radical (unpaired) electrons. The van der Waals surface area contributed by atoms with Crippen LogP contribution in [-0.4, -0.2) is 9.59 Å². The Balaban J connectivity index is 1.79.